The van der Waals surface area contributed by atoms with Crippen LogP contribution in [0.15, 0.2) is 101 Å². The summed E-state index contributed by atoms with van der Waals surface area (Å²) in [7, 11) is -21.2. The maximum atomic E-state index is 12.2. The summed E-state index contributed by atoms with van der Waals surface area (Å²) in [6.07, 6.45) is 0. The van der Waals surface area contributed by atoms with Crippen LogP contribution in [0.3, 0.4) is 0 Å². The van der Waals surface area contributed by atoms with E-state index in [4.69, 9.17) is 5.73 Å². The fourth-order valence-corrected chi connectivity index (χ4v) is 6.68. The average molecular weight is 988 g/mol. The van der Waals surface area contributed by atoms with Crippen LogP contribution in [0.4, 0.5) is 28.4 Å². The number of anilines is 1. The fraction of sp³-hybridized carbons (Fsp3) is 0.0769. The van der Waals surface area contributed by atoms with Gasteiger partial charge < -0.3 is 37.4 Å². The first-order chi connectivity index (χ1) is 25.9. The van der Waals surface area contributed by atoms with Crippen molar-refractivity contribution in [3.8, 4) is 5.75 Å². The van der Waals surface area contributed by atoms with Crippen LogP contribution in [0.25, 0.3) is 10.8 Å². The second-order valence-electron chi connectivity index (χ2n) is 10.0. The van der Waals surface area contributed by atoms with Crippen LogP contribution < -0.4 is 124 Å². The molecular formula is C26H17N5Na4O19S6. The third kappa shape index (κ3) is 18.3. The first-order valence-electron chi connectivity index (χ1n) is 13.9. The number of hydrogen-bond acceptors (Lipinski definition) is 26. The summed E-state index contributed by atoms with van der Waals surface area (Å²) in [5.41, 5.74) is 3.56. The summed E-state index contributed by atoms with van der Waals surface area (Å²) in [4.78, 5) is 21.2. The molecule has 0 saturated carbocycles. The van der Waals surface area contributed by atoms with Crippen LogP contribution in [-0.4, -0.2) is 82.1 Å². The quantitative estimate of drug-likeness (QED) is 0.0263. The summed E-state index contributed by atoms with van der Waals surface area (Å²) >= 11 is 0.859. The zero-order chi connectivity index (χ0) is 41.6. The number of nitrogen functional groups attached to an aromatic ring is 1. The molecular weight excluding hydrogens is 971 g/mol. The molecule has 0 radical (unpaired) electrons. The number of rotatable bonds is 16. The Labute approximate surface area is 437 Å². The van der Waals surface area contributed by atoms with Crippen LogP contribution in [0.5, 0.6) is 5.75 Å². The van der Waals surface area contributed by atoms with Crippen LogP contribution >= 0.6 is 24.1 Å². The van der Waals surface area contributed by atoms with Crippen LogP contribution in [-0.2, 0) is 67.4 Å². The van der Waals surface area contributed by atoms with Crippen molar-refractivity contribution < 1.29 is 202 Å². The second-order valence-corrected chi connectivity index (χ2v) is 16.4. The second kappa shape index (κ2) is 25.0. The van der Waals surface area contributed by atoms with E-state index in [9.17, 15) is 66.6 Å². The third-order valence-electron chi connectivity index (χ3n) is 6.16. The number of carbonyl (C=O) groups is 2. The number of aromatic hydroxyl groups is 1. The molecule has 0 unspecified atom stereocenters. The summed E-state index contributed by atoms with van der Waals surface area (Å²) in [5.74, 6) is -3.55. The van der Waals surface area contributed by atoms with Gasteiger partial charge in [-0.25, -0.2) is 43.3 Å². The number of hydrogen-bond donors (Lipinski definition) is 2. The zero-order valence-electron chi connectivity index (χ0n) is 30.8. The minimum atomic E-state index is -5.49. The average Bonchev–Trinajstić information content (AvgIpc) is 3.09. The van der Waals surface area contributed by atoms with Crippen molar-refractivity contribution >= 4 is 116 Å². The molecule has 4 rings (SSSR count). The van der Waals surface area contributed by atoms with E-state index in [0.29, 0.717) is 36.2 Å². The van der Waals surface area contributed by atoms with E-state index < -0.39 is 110 Å². The third-order valence-corrected chi connectivity index (χ3v) is 10.1. The normalized spacial score (nSPS) is 11.9. The van der Waals surface area contributed by atoms with Crippen molar-refractivity contribution in [1.29, 1.82) is 0 Å². The molecule has 3 N–H and O–H groups in total. The minimum absolute atomic E-state index is 0. The molecule has 60 heavy (non-hydrogen) atoms. The van der Waals surface area contributed by atoms with E-state index in [0.717, 1.165) is 0 Å². The van der Waals surface area contributed by atoms with Crippen molar-refractivity contribution in [3.05, 3.63) is 60.7 Å². The molecule has 0 bridgehead atoms. The number of carbonyl (C=O) groups excluding carboxylic acids is 2. The molecule has 0 saturated heterocycles. The number of phenols is 1. The van der Waals surface area contributed by atoms with E-state index in [2.05, 4.69) is 37.2 Å². The van der Waals surface area contributed by atoms with Crippen molar-refractivity contribution in [2.45, 2.75) is 19.6 Å². The monoisotopic (exact) mass is 987 g/mol. The molecule has 300 valence electrons. The molecule has 0 aliphatic rings. The number of benzene rings is 4. The maximum Gasteiger partial charge on any atom is 1.00 e. The predicted molar refractivity (Wildman–Crippen MR) is 182 cm³/mol. The molecule has 0 spiro atoms. The van der Waals surface area contributed by atoms with Gasteiger partial charge in [0.05, 0.1) is 56.3 Å². The smallest absolute Gasteiger partial charge is 0.744 e. The van der Waals surface area contributed by atoms with Gasteiger partial charge in [-0.1, -0.05) is 0 Å². The van der Waals surface area contributed by atoms with E-state index >= 15 is 0 Å². The number of fused-ring (bicyclic) bond motifs is 1. The molecule has 24 nitrogen and oxygen atoms in total. The Morgan fingerprint density at radius 2 is 0.950 bits per heavy atom. The van der Waals surface area contributed by atoms with Gasteiger partial charge in [0.15, 0.2) is 19.0 Å². The number of nitrogens with two attached hydrogens (primary N) is 1. The molecule has 0 fully saturated rings. The van der Waals surface area contributed by atoms with E-state index in [1.165, 1.54) is 48.5 Å². The summed E-state index contributed by atoms with van der Waals surface area (Å²) in [5, 5.41) is 25.1. The largest absolute Gasteiger partial charge is 1.00 e. The van der Waals surface area contributed by atoms with Gasteiger partial charge in [-0.15, -0.1) is 10.2 Å². The zero-order valence-corrected chi connectivity index (χ0v) is 43.7. The minimum Gasteiger partial charge on any atom is -0.744 e. The Morgan fingerprint density at radius 1 is 0.600 bits per heavy atom. The van der Waals surface area contributed by atoms with E-state index in [1.54, 1.807) is 0 Å². The summed E-state index contributed by atoms with van der Waals surface area (Å²) < 4.78 is 153. The van der Waals surface area contributed by atoms with E-state index in [1.807, 2.05) is 0 Å². The summed E-state index contributed by atoms with van der Waals surface area (Å²) in [6.45, 7) is -2.37. The van der Waals surface area contributed by atoms with Gasteiger partial charge in [0, 0.05) is 9.79 Å². The van der Waals surface area contributed by atoms with Crippen molar-refractivity contribution in [2.24, 2.45) is 20.5 Å². The van der Waals surface area contributed by atoms with Gasteiger partial charge in [-0.2, -0.15) is 10.2 Å². The van der Waals surface area contributed by atoms with Crippen molar-refractivity contribution in [3.63, 3.8) is 0 Å². The predicted octanol–water partition coefficient (Wildman–Crippen LogP) is -9.16. The topological polar surface area (TPSA) is 396 Å². The molecule has 34 heteroatoms. The molecule has 0 aromatic heterocycles. The molecule has 4 aromatic carbocycles. The summed E-state index contributed by atoms with van der Waals surface area (Å²) in [6, 6.07) is 11.3. The molecule has 4 aromatic rings. The molecule has 0 aliphatic carbocycles. The first kappa shape index (κ1) is 59.1. The number of nitrogens with zero attached hydrogens (tertiary/aromatic N) is 4. The first-order valence-corrected chi connectivity index (χ1v) is 20.9. The standard InChI is InChI=1S/C26H21N5O19S6.4Na/c27-23-22-13(9-18(53(35,36)37)24(23)30-28-14-1-5-16(6-2-14)51-49-20(32)11-47-55(41,42)43)10-19(54(38,39)40)25(26(22)34)31-29-15-3-7-17(8-4-15)52-50-21(33)12-48-56(44,45)46;;;;/h1-10,34H,11-12,27H2,(H,35,36,37)(H,38,39,40)(H,41,42,43)(H,44,45,46);;;;/q;4*+1/p-4. The van der Waals surface area contributed by atoms with Gasteiger partial charge in [-0.05, 0) is 66.0 Å². The Hall–Kier alpha value is -0.860. The Morgan fingerprint density at radius 3 is 1.30 bits per heavy atom. The van der Waals surface area contributed by atoms with Crippen LogP contribution in [0, 0.1) is 0 Å². The van der Waals surface area contributed by atoms with Crippen molar-refractivity contribution in [2.75, 3.05) is 18.9 Å². The van der Waals surface area contributed by atoms with Gasteiger partial charge in [0.25, 0.3) is 0 Å². The molecule has 0 aliphatic heterocycles. The Kier molecular flexibility index (Phi) is 24.6. The van der Waals surface area contributed by atoms with Crippen LogP contribution in [0.2, 0.25) is 0 Å². The molecule has 0 amide bonds. The fourth-order valence-electron chi connectivity index (χ4n) is 3.92. The van der Waals surface area contributed by atoms with Crippen molar-refractivity contribution in [1.82, 2.24) is 0 Å². The van der Waals surface area contributed by atoms with Gasteiger partial charge in [0.2, 0.25) is 20.8 Å². The number of phenolic OH excluding ortho intramolecular Hbond substituents is 1. The van der Waals surface area contributed by atoms with Gasteiger partial charge >= 0.3 is 130 Å². The molecule has 0 heterocycles. The van der Waals surface area contributed by atoms with Crippen LogP contribution in [0.1, 0.15) is 0 Å². The van der Waals surface area contributed by atoms with Gasteiger partial charge in [0.1, 0.15) is 31.6 Å². The number of azo groups is 2. The maximum absolute atomic E-state index is 12.2. The molecule has 0 atom stereocenters. The Bertz CT molecular complexity index is 2530. The van der Waals surface area contributed by atoms with Gasteiger partial charge in [-0.3, -0.25) is 8.37 Å². The Balaban J connectivity index is 0.00000870. The van der Waals surface area contributed by atoms with E-state index in [-0.39, 0.29) is 139 Å². The SMILES string of the molecule is Nc1c(N=Nc2ccc(SOC(=O)COS(=O)(=O)[O-])cc2)c(S(=O)(=O)[O-])cc2cc(S(=O)(=O)[O-])c(N=Nc3ccc(SOC(=O)COS(=O)(=O)[O-])cc3)c(O)c12.[Na+].[Na+].[Na+].[Na+].